The van der Waals surface area contributed by atoms with Crippen LogP contribution < -0.4 is 21.5 Å². The molecule has 0 spiro atoms. The predicted molar refractivity (Wildman–Crippen MR) is 146 cm³/mol. The Bertz CT molecular complexity index is 1510. The number of piperazine rings is 1. The van der Waals surface area contributed by atoms with E-state index in [-0.39, 0.29) is 47.3 Å². The molecule has 12 heteroatoms. The van der Waals surface area contributed by atoms with Gasteiger partial charge in [-0.25, -0.2) is 8.42 Å². The average Bonchev–Trinajstić information content (AvgIpc) is 2.93. The number of sulfonamides is 1. The summed E-state index contributed by atoms with van der Waals surface area (Å²) in [5.41, 5.74) is -0.509. The quantitative estimate of drug-likeness (QED) is 0.281. The SMILES string of the molecule is CCC(Nc1c(Nc2ccc(Cl)c(S(=O)(=O)N3CCN4CCOCC4C3)c2O)c(=O)c1=O)c1ccccc1. The molecule has 5 rings (SSSR count). The summed E-state index contributed by atoms with van der Waals surface area (Å²) in [5.74, 6) is -0.617. The number of halogens is 1. The molecular formula is C26H29ClN4O6S. The first-order valence-corrected chi connectivity index (χ1v) is 14.3. The van der Waals surface area contributed by atoms with Gasteiger partial charge in [-0.05, 0) is 24.1 Å². The van der Waals surface area contributed by atoms with Gasteiger partial charge in [0.05, 0.1) is 30.0 Å². The average molecular weight is 561 g/mol. The van der Waals surface area contributed by atoms with Crippen molar-refractivity contribution in [2.45, 2.75) is 30.3 Å². The van der Waals surface area contributed by atoms with Gasteiger partial charge in [0.15, 0.2) is 5.75 Å². The molecule has 0 bridgehead atoms. The number of aromatic hydroxyl groups is 1. The van der Waals surface area contributed by atoms with Crippen LogP contribution in [0, 0.1) is 0 Å². The van der Waals surface area contributed by atoms with E-state index in [1.807, 2.05) is 37.3 Å². The Hall–Kier alpha value is -2.96. The molecule has 38 heavy (non-hydrogen) atoms. The zero-order valence-electron chi connectivity index (χ0n) is 20.8. The maximum atomic E-state index is 13.6. The summed E-state index contributed by atoms with van der Waals surface area (Å²) < 4.78 is 34.0. The summed E-state index contributed by atoms with van der Waals surface area (Å²) in [6.45, 7) is 4.73. The minimum Gasteiger partial charge on any atom is -0.504 e. The summed E-state index contributed by atoms with van der Waals surface area (Å²) in [7, 11) is -4.17. The Morgan fingerprint density at radius 2 is 1.82 bits per heavy atom. The highest BCUT2D eigenvalue weighted by atomic mass is 35.5. The van der Waals surface area contributed by atoms with Crippen LogP contribution in [0.15, 0.2) is 56.9 Å². The van der Waals surface area contributed by atoms with Gasteiger partial charge in [-0.15, -0.1) is 0 Å². The van der Waals surface area contributed by atoms with Crippen LogP contribution in [-0.4, -0.2) is 68.2 Å². The smallest absolute Gasteiger partial charge is 0.253 e. The van der Waals surface area contributed by atoms with E-state index in [2.05, 4.69) is 15.5 Å². The Kier molecular flexibility index (Phi) is 7.47. The van der Waals surface area contributed by atoms with Gasteiger partial charge in [0, 0.05) is 32.2 Å². The number of rotatable bonds is 8. The van der Waals surface area contributed by atoms with E-state index >= 15 is 0 Å². The van der Waals surface area contributed by atoms with Crippen molar-refractivity contribution < 1.29 is 18.3 Å². The maximum absolute atomic E-state index is 13.6. The molecule has 2 heterocycles. The van der Waals surface area contributed by atoms with Gasteiger partial charge in [0.1, 0.15) is 16.3 Å². The lowest BCUT2D eigenvalue weighted by atomic mass is 10.0. The number of hydrogen-bond acceptors (Lipinski definition) is 9. The van der Waals surface area contributed by atoms with E-state index in [9.17, 15) is 23.1 Å². The number of phenolic OH excluding ortho intramolecular Hbond substituents is 1. The molecule has 0 saturated carbocycles. The molecular weight excluding hydrogens is 532 g/mol. The lowest BCUT2D eigenvalue weighted by molar-refractivity contribution is -0.0304. The van der Waals surface area contributed by atoms with Crippen molar-refractivity contribution in [2.75, 3.05) is 50.0 Å². The van der Waals surface area contributed by atoms with Crippen molar-refractivity contribution in [1.29, 1.82) is 0 Å². The maximum Gasteiger partial charge on any atom is 0.253 e. The largest absolute Gasteiger partial charge is 0.504 e. The van der Waals surface area contributed by atoms with Crippen LogP contribution in [0.25, 0.3) is 0 Å². The third-order valence-electron chi connectivity index (χ3n) is 7.18. The number of hydrogen-bond donors (Lipinski definition) is 3. The molecule has 0 aromatic heterocycles. The molecule has 0 aliphatic carbocycles. The Morgan fingerprint density at radius 1 is 1.08 bits per heavy atom. The molecule has 202 valence electrons. The minimum atomic E-state index is -4.17. The van der Waals surface area contributed by atoms with E-state index in [4.69, 9.17) is 16.3 Å². The van der Waals surface area contributed by atoms with Crippen LogP contribution in [0.4, 0.5) is 17.1 Å². The second-order valence-electron chi connectivity index (χ2n) is 9.45. The van der Waals surface area contributed by atoms with Crippen LogP contribution in [0.1, 0.15) is 24.9 Å². The molecule has 0 amide bonds. The van der Waals surface area contributed by atoms with Crippen molar-refractivity contribution >= 4 is 38.7 Å². The molecule has 3 N–H and O–H groups in total. The normalized spacial score (nSPS) is 19.7. The zero-order valence-corrected chi connectivity index (χ0v) is 22.4. The van der Waals surface area contributed by atoms with Crippen molar-refractivity contribution in [1.82, 2.24) is 9.21 Å². The summed E-state index contributed by atoms with van der Waals surface area (Å²) >= 11 is 6.29. The van der Waals surface area contributed by atoms with Gasteiger partial charge in [0.25, 0.3) is 10.9 Å². The third-order valence-corrected chi connectivity index (χ3v) is 9.55. The highest BCUT2D eigenvalue weighted by molar-refractivity contribution is 7.89. The summed E-state index contributed by atoms with van der Waals surface area (Å²) in [4.78, 5) is 26.6. The van der Waals surface area contributed by atoms with Crippen LogP contribution in [0.5, 0.6) is 5.75 Å². The fraction of sp³-hybridized carbons (Fsp3) is 0.385. The lowest BCUT2D eigenvalue weighted by Crippen LogP contribution is -2.59. The van der Waals surface area contributed by atoms with Gasteiger partial charge >= 0.3 is 0 Å². The van der Waals surface area contributed by atoms with Gasteiger partial charge < -0.3 is 20.5 Å². The molecule has 3 aromatic carbocycles. The van der Waals surface area contributed by atoms with Gasteiger partial charge in [0.2, 0.25) is 10.0 Å². The molecule has 2 saturated heterocycles. The molecule has 2 aliphatic rings. The number of fused-ring (bicyclic) bond motifs is 1. The Labute approximate surface area is 225 Å². The summed E-state index contributed by atoms with van der Waals surface area (Å²) in [5, 5.41) is 16.8. The summed E-state index contributed by atoms with van der Waals surface area (Å²) in [6, 6.07) is 11.9. The highest BCUT2D eigenvalue weighted by Crippen LogP contribution is 2.40. The van der Waals surface area contributed by atoms with E-state index in [0.717, 1.165) is 12.1 Å². The first-order valence-electron chi connectivity index (χ1n) is 12.5. The molecule has 2 atom stereocenters. The topological polar surface area (TPSA) is 128 Å². The third kappa shape index (κ3) is 4.80. The van der Waals surface area contributed by atoms with Crippen LogP contribution in [-0.2, 0) is 14.8 Å². The van der Waals surface area contributed by atoms with Gasteiger partial charge in [-0.2, -0.15) is 4.31 Å². The van der Waals surface area contributed by atoms with Crippen LogP contribution in [0.3, 0.4) is 0 Å². The monoisotopic (exact) mass is 560 g/mol. The van der Waals surface area contributed by atoms with E-state index in [1.165, 1.54) is 16.4 Å². The van der Waals surface area contributed by atoms with Crippen molar-refractivity contribution in [3.63, 3.8) is 0 Å². The number of nitrogens with one attached hydrogen (secondary N) is 2. The molecule has 2 fully saturated rings. The minimum absolute atomic E-state index is 0.0432. The fourth-order valence-electron chi connectivity index (χ4n) is 5.02. The number of ether oxygens (including phenoxy) is 1. The van der Waals surface area contributed by atoms with Crippen molar-refractivity contribution in [3.05, 3.63) is 73.5 Å². The van der Waals surface area contributed by atoms with Gasteiger partial charge in [-0.1, -0.05) is 48.9 Å². The first-order chi connectivity index (χ1) is 18.2. The molecule has 2 unspecified atom stereocenters. The predicted octanol–water partition coefficient (Wildman–Crippen LogP) is 2.65. The number of nitrogens with zero attached hydrogens (tertiary/aromatic N) is 2. The highest BCUT2D eigenvalue weighted by Gasteiger charge is 2.38. The Morgan fingerprint density at radius 3 is 2.55 bits per heavy atom. The number of phenols is 1. The Balaban J connectivity index is 1.42. The molecule has 0 radical (unpaired) electrons. The number of benzene rings is 2. The fourth-order valence-corrected chi connectivity index (χ4v) is 7.08. The van der Waals surface area contributed by atoms with E-state index in [0.29, 0.717) is 26.2 Å². The van der Waals surface area contributed by atoms with Crippen LogP contribution >= 0.6 is 11.6 Å². The van der Waals surface area contributed by atoms with Crippen LogP contribution in [0.2, 0.25) is 5.02 Å². The van der Waals surface area contributed by atoms with Crippen molar-refractivity contribution in [2.24, 2.45) is 0 Å². The zero-order chi connectivity index (χ0) is 27.0. The standard InChI is InChI=1S/C26H29ClN4O6S/c1-2-19(16-6-4-3-5-7-16)28-21-22(25(34)24(21)33)29-20-9-8-18(27)26(23(20)32)38(35,36)31-11-10-30-12-13-37-15-17(30)14-31/h3-9,17,19,28-29,32H,2,10-15H2,1H3. The summed E-state index contributed by atoms with van der Waals surface area (Å²) in [6.07, 6.45) is 0.649. The first kappa shape index (κ1) is 26.6. The molecule has 2 aliphatic heterocycles. The lowest BCUT2D eigenvalue weighted by Gasteiger charge is -2.43. The molecule has 10 nitrogen and oxygen atoms in total. The second-order valence-corrected chi connectivity index (χ2v) is 11.7. The van der Waals surface area contributed by atoms with E-state index in [1.54, 1.807) is 0 Å². The second kappa shape index (κ2) is 10.7. The van der Waals surface area contributed by atoms with Crippen molar-refractivity contribution in [3.8, 4) is 5.75 Å². The number of anilines is 3. The molecule has 3 aromatic rings. The number of morpholine rings is 1. The van der Waals surface area contributed by atoms with E-state index < -0.39 is 31.5 Å². The van der Waals surface area contributed by atoms with Gasteiger partial charge in [-0.3, -0.25) is 14.5 Å².